The normalized spacial score (nSPS) is 18.2. The minimum atomic E-state index is 0.774. The maximum absolute atomic E-state index is 4.16. The fourth-order valence-electron chi connectivity index (χ4n) is 1.95. The quantitative estimate of drug-likeness (QED) is 0.757. The van der Waals surface area contributed by atoms with Gasteiger partial charge in [-0.1, -0.05) is 12.8 Å². The van der Waals surface area contributed by atoms with Gasteiger partial charge in [0.2, 0.25) is 0 Å². The lowest BCUT2D eigenvalue weighted by Crippen LogP contribution is -2.29. The maximum Gasteiger partial charge on any atom is 0.0534 e. The lowest BCUT2D eigenvalue weighted by molar-refractivity contribution is 0.480. The van der Waals surface area contributed by atoms with Crippen molar-refractivity contribution in [2.24, 2.45) is 0 Å². The van der Waals surface area contributed by atoms with Crippen LogP contribution in [-0.2, 0) is 6.54 Å². The molecule has 1 saturated carbocycles. The molecule has 1 aromatic heterocycles. The van der Waals surface area contributed by atoms with E-state index in [9.17, 15) is 0 Å². The first kappa shape index (κ1) is 8.75. The van der Waals surface area contributed by atoms with Gasteiger partial charge in [0.05, 0.1) is 6.54 Å². The van der Waals surface area contributed by atoms with Gasteiger partial charge in [-0.15, -0.1) is 0 Å². The largest absolute Gasteiger partial charge is 0.312 e. The maximum atomic E-state index is 4.16. The Balaban J connectivity index is 1.63. The number of nitrogens with zero attached hydrogens (tertiary/aromatic N) is 2. The van der Waals surface area contributed by atoms with Gasteiger partial charge in [0.15, 0.2) is 0 Å². The molecule has 3 nitrogen and oxygen atoms in total. The number of nitrogens with one attached hydrogen (secondary N) is 1. The second-order valence-corrected chi connectivity index (χ2v) is 3.70. The lowest BCUT2D eigenvalue weighted by Gasteiger charge is -2.11. The fourth-order valence-corrected chi connectivity index (χ4v) is 1.95. The smallest absolute Gasteiger partial charge is 0.0534 e. The summed E-state index contributed by atoms with van der Waals surface area (Å²) in [7, 11) is 0. The Hall–Kier alpha value is -0.830. The number of hydrogen-bond donors (Lipinski definition) is 1. The first-order valence-corrected chi connectivity index (χ1v) is 5.16. The van der Waals surface area contributed by atoms with Crippen LogP contribution in [0.2, 0.25) is 0 Å². The molecule has 0 aliphatic heterocycles. The number of rotatable bonds is 4. The van der Waals surface area contributed by atoms with Gasteiger partial charge in [-0.3, -0.25) is 4.68 Å². The zero-order chi connectivity index (χ0) is 8.93. The van der Waals surface area contributed by atoms with Gasteiger partial charge in [0, 0.05) is 25.0 Å². The van der Waals surface area contributed by atoms with Gasteiger partial charge < -0.3 is 5.32 Å². The second-order valence-electron chi connectivity index (χ2n) is 3.70. The van der Waals surface area contributed by atoms with Crippen molar-refractivity contribution >= 4 is 0 Å². The Morgan fingerprint density at radius 3 is 2.92 bits per heavy atom. The monoisotopic (exact) mass is 179 g/mol. The van der Waals surface area contributed by atoms with Gasteiger partial charge in [-0.2, -0.15) is 5.10 Å². The molecule has 1 N–H and O–H groups in total. The summed E-state index contributed by atoms with van der Waals surface area (Å²) in [5.41, 5.74) is 0. The van der Waals surface area contributed by atoms with Crippen molar-refractivity contribution in [3.63, 3.8) is 0 Å². The molecule has 1 fully saturated rings. The van der Waals surface area contributed by atoms with E-state index in [1.165, 1.54) is 25.7 Å². The van der Waals surface area contributed by atoms with Crippen LogP contribution in [-0.4, -0.2) is 22.4 Å². The molecule has 0 spiro atoms. The molecule has 0 aromatic carbocycles. The van der Waals surface area contributed by atoms with Crippen molar-refractivity contribution in [2.45, 2.75) is 38.3 Å². The molecule has 0 unspecified atom stereocenters. The summed E-state index contributed by atoms with van der Waals surface area (Å²) in [6.07, 6.45) is 9.36. The Morgan fingerprint density at radius 2 is 2.23 bits per heavy atom. The molecule has 0 radical (unpaired) electrons. The summed E-state index contributed by atoms with van der Waals surface area (Å²) in [6, 6.07) is 2.74. The highest BCUT2D eigenvalue weighted by Crippen LogP contribution is 2.17. The van der Waals surface area contributed by atoms with E-state index in [4.69, 9.17) is 0 Å². The van der Waals surface area contributed by atoms with Crippen LogP contribution in [0.15, 0.2) is 18.5 Å². The van der Waals surface area contributed by atoms with E-state index in [0.29, 0.717) is 0 Å². The van der Waals surface area contributed by atoms with E-state index in [0.717, 1.165) is 19.1 Å². The summed E-state index contributed by atoms with van der Waals surface area (Å²) >= 11 is 0. The minimum absolute atomic E-state index is 0.774. The van der Waals surface area contributed by atoms with Crippen molar-refractivity contribution in [1.29, 1.82) is 0 Å². The topological polar surface area (TPSA) is 29.9 Å². The van der Waals surface area contributed by atoms with Crippen molar-refractivity contribution in [3.8, 4) is 0 Å². The van der Waals surface area contributed by atoms with Crippen LogP contribution in [0.5, 0.6) is 0 Å². The molecule has 1 aliphatic carbocycles. The average molecular weight is 179 g/mol. The standard InChI is InChI=1S/C10H17N3/c1-2-5-10(4-1)11-7-9-13-8-3-6-12-13/h3,6,8,10-11H,1-2,4-5,7,9H2. The fraction of sp³-hybridized carbons (Fsp3) is 0.700. The molecule has 3 heteroatoms. The Morgan fingerprint density at radius 1 is 1.38 bits per heavy atom. The third-order valence-electron chi connectivity index (χ3n) is 2.69. The molecular formula is C10H17N3. The molecule has 1 aromatic rings. The van der Waals surface area contributed by atoms with Crippen molar-refractivity contribution in [2.75, 3.05) is 6.54 Å². The molecule has 0 atom stereocenters. The summed E-state index contributed by atoms with van der Waals surface area (Å²) < 4.78 is 1.97. The highest BCUT2D eigenvalue weighted by molar-refractivity contribution is 4.78. The SMILES string of the molecule is c1cnn(CCNC2CCCC2)c1. The molecule has 0 amide bonds. The Kier molecular flexibility index (Phi) is 2.98. The highest BCUT2D eigenvalue weighted by Gasteiger charge is 2.13. The van der Waals surface area contributed by atoms with Crippen LogP contribution in [0.1, 0.15) is 25.7 Å². The molecule has 0 saturated heterocycles. The zero-order valence-corrected chi connectivity index (χ0v) is 7.95. The van der Waals surface area contributed by atoms with Gasteiger partial charge in [0.25, 0.3) is 0 Å². The minimum Gasteiger partial charge on any atom is -0.312 e. The van der Waals surface area contributed by atoms with Crippen molar-refractivity contribution in [3.05, 3.63) is 18.5 Å². The summed E-state index contributed by atoms with van der Waals surface area (Å²) in [4.78, 5) is 0. The average Bonchev–Trinajstić information content (AvgIpc) is 2.75. The number of aromatic nitrogens is 2. The van der Waals surface area contributed by atoms with Crippen LogP contribution in [0.4, 0.5) is 0 Å². The summed E-state index contributed by atoms with van der Waals surface area (Å²) in [5.74, 6) is 0. The van der Waals surface area contributed by atoms with Gasteiger partial charge in [0.1, 0.15) is 0 Å². The molecule has 72 valence electrons. The van der Waals surface area contributed by atoms with Gasteiger partial charge in [-0.05, 0) is 18.9 Å². The van der Waals surface area contributed by atoms with E-state index in [-0.39, 0.29) is 0 Å². The molecule has 0 bridgehead atoms. The summed E-state index contributed by atoms with van der Waals surface area (Å²) in [6.45, 7) is 2.04. The number of hydrogen-bond acceptors (Lipinski definition) is 2. The Labute approximate surface area is 79.1 Å². The van der Waals surface area contributed by atoms with Crippen LogP contribution in [0, 0.1) is 0 Å². The highest BCUT2D eigenvalue weighted by atomic mass is 15.3. The molecule has 1 heterocycles. The first-order chi connectivity index (χ1) is 6.45. The first-order valence-electron chi connectivity index (χ1n) is 5.16. The van der Waals surface area contributed by atoms with Crippen molar-refractivity contribution < 1.29 is 0 Å². The third kappa shape index (κ3) is 2.56. The third-order valence-corrected chi connectivity index (χ3v) is 2.69. The zero-order valence-electron chi connectivity index (χ0n) is 7.95. The Bertz CT molecular complexity index is 224. The van der Waals surface area contributed by atoms with E-state index in [1.807, 2.05) is 23.1 Å². The molecule has 1 aliphatic rings. The summed E-state index contributed by atoms with van der Waals surface area (Å²) in [5, 5.41) is 7.72. The van der Waals surface area contributed by atoms with Crippen LogP contribution < -0.4 is 5.32 Å². The molecule has 2 rings (SSSR count). The van der Waals surface area contributed by atoms with E-state index < -0.39 is 0 Å². The van der Waals surface area contributed by atoms with Crippen molar-refractivity contribution in [1.82, 2.24) is 15.1 Å². The van der Waals surface area contributed by atoms with E-state index in [2.05, 4.69) is 10.4 Å². The van der Waals surface area contributed by atoms with Crippen LogP contribution in [0.25, 0.3) is 0 Å². The van der Waals surface area contributed by atoms with E-state index in [1.54, 1.807) is 0 Å². The van der Waals surface area contributed by atoms with Crippen LogP contribution >= 0.6 is 0 Å². The molecular weight excluding hydrogens is 162 g/mol. The van der Waals surface area contributed by atoms with E-state index >= 15 is 0 Å². The van der Waals surface area contributed by atoms with Gasteiger partial charge >= 0.3 is 0 Å². The van der Waals surface area contributed by atoms with Gasteiger partial charge in [-0.25, -0.2) is 0 Å². The molecule has 13 heavy (non-hydrogen) atoms. The van der Waals surface area contributed by atoms with Crippen LogP contribution in [0.3, 0.4) is 0 Å². The predicted molar refractivity (Wildman–Crippen MR) is 52.5 cm³/mol. The predicted octanol–water partition coefficient (Wildman–Crippen LogP) is 1.42. The second kappa shape index (κ2) is 4.42. The lowest BCUT2D eigenvalue weighted by atomic mass is 10.2.